The van der Waals surface area contributed by atoms with E-state index in [0.717, 1.165) is 10.0 Å². The van der Waals surface area contributed by atoms with E-state index in [0.29, 0.717) is 6.54 Å². The molecule has 1 heterocycles. The van der Waals surface area contributed by atoms with Crippen LogP contribution in [0.1, 0.15) is 15.9 Å². The molecule has 0 radical (unpaired) electrons. The molecule has 4 nitrogen and oxygen atoms in total. The SMILES string of the molecule is O=C(NCc1ccc(Br)cc1)c1ccncc1O. The Kier molecular flexibility index (Phi) is 3.94. The second-order valence-corrected chi connectivity index (χ2v) is 4.62. The number of hydrogen-bond acceptors (Lipinski definition) is 3. The maximum absolute atomic E-state index is 11.8. The Labute approximate surface area is 113 Å². The summed E-state index contributed by atoms with van der Waals surface area (Å²) in [6, 6.07) is 9.12. The van der Waals surface area contributed by atoms with Crippen molar-refractivity contribution in [3.05, 3.63) is 58.3 Å². The van der Waals surface area contributed by atoms with Gasteiger partial charge in [-0.2, -0.15) is 0 Å². The molecule has 0 saturated carbocycles. The van der Waals surface area contributed by atoms with Crippen LogP contribution < -0.4 is 5.32 Å². The largest absolute Gasteiger partial charge is 0.505 e. The third kappa shape index (κ3) is 3.07. The van der Waals surface area contributed by atoms with Crippen LogP contribution >= 0.6 is 15.9 Å². The highest BCUT2D eigenvalue weighted by Gasteiger charge is 2.09. The van der Waals surface area contributed by atoms with E-state index < -0.39 is 0 Å². The number of carbonyl (C=O) groups is 1. The fourth-order valence-electron chi connectivity index (χ4n) is 1.46. The fraction of sp³-hybridized carbons (Fsp3) is 0.0769. The molecule has 1 aromatic carbocycles. The first-order chi connectivity index (χ1) is 8.66. The average molecular weight is 307 g/mol. The highest BCUT2D eigenvalue weighted by Crippen LogP contribution is 2.14. The van der Waals surface area contributed by atoms with Gasteiger partial charge in [0.1, 0.15) is 5.75 Å². The second kappa shape index (κ2) is 5.64. The van der Waals surface area contributed by atoms with Gasteiger partial charge in [-0.05, 0) is 23.8 Å². The normalized spacial score (nSPS) is 10.1. The van der Waals surface area contributed by atoms with E-state index in [1.807, 2.05) is 24.3 Å². The molecule has 1 amide bonds. The van der Waals surface area contributed by atoms with Gasteiger partial charge < -0.3 is 10.4 Å². The lowest BCUT2D eigenvalue weighted by Gasteiger charge is -2.06. The van der Waals surface area contributed by atoms with Crippen molar-refractivity contribution in [3.8, 4) is 5.75 Å². The third-order valence-electron chi connectivity index (χ3n) is 2.41. The van der Waals surface area contributed by atoms with Crippen LogP contribution in [-0.4, -0.2) is 16.0 Å². The Bertz CT molecular complexity index is 555. The molecule has 1 aromatic heterocycles. The van der Waals surface area contributed by atoms with E-state index in [9.17, 15) is 9.90 Å². The number of aromatic hydroxyl groups is 1. The number of amides is 1. The predicted molar refractivity (Wildman–Crippen MR) is 71.2 cm³/mol. The van der Waals surface area contributed by atoms with Crippen LogP contribution in [0.4, 0.5) is 0 Å². The van der Waals surface area contributed by atoms with Crippen LogP contribution in [0.25, 0.3) is 0 Å². The first-order valence-corrected chi connectivity index (χ1v) is 6.12. The van der Waals surface area contributed by atoms with Gasteiger partial charge in [0.25, 0.3) is 5.91 Å². The molecule has 18 heavy (non-hydrogen) atoms. The number of rotatable bonds is 3. The van der Waals surface area contributed by atoms with E-state index in [-0.39, 0.29) is 17.2 Å². The van der Waals surface area contributed by atoms with Gasteiger partial charge in [-0.15, -0.1) is 0 Å². The lowest BCUT2D eigenvalue weighted by Crippen LogP contribution is -2.22. The summed E-state index contributed by atoms with van der Waals surface area (Å²) in [6.45, 7) is 0.411. The van der Waals surface area contributed by atoms with Crippen LogP contribution in [0, 0.1) is 0 Å². The van der Waals surface area contributed by atoms with Crippen molar-refractivity contribution in [1.82, 2.24) is 10.3 Å². The van der Waals surface area contributed by atoms with Gasteiger partial charge in [-0.25, -0.2) is 0 Å². The first-order valence-electron chi connectivity index (χ1n) is 5.32. The molecule has 2 N–H and O–H groups in total. The van der Waals surface area contributed by atoms with Crippen molar-refractivity contribution in [2.75, 3.05) is 0 Å². The van der Waals surface area contributed by atoms with Gasteiger partial charge in [0.2, 0.25) is 0 Å². The summed E-state index contributed by atoms with van der Waals surface area (Å²) in [7, 11) is 0. The number of hydrogen-bond donors (Lipinski definition) is 2. The second-order valence-electron chi connectivity index (χ2n) is 3.70. The Hall–Kier alpha value is -1.88. The minimum Gasteiger partial charge on any atom is -0.505 e. The van der Waals surface area contributed by atoms with E-state index in [4.69, 9.17) is 0 Å². The van der Waals surface area contributed by atoms with Crippen LogP contribution in [0.15, 0.2) is 47.2 Å². The van der Waals surface area contributed by atoms with Crippen molar-refractivity contribution >= 4 is 21.8 Å². The van der Waals surface area contributed by atoms with Gasteiger partial charge in [0.05, 0.1) is 11.8 Å². The van der Waals surface area contributed by atoms with E-state index in [2.05, 4.69) is 26.2 Å². The predicted octanol–water partition coefficient (Wildman–Crippen LogP) is 2.48. The zero-order chi connectivity index (χ0) is 13.0. The van der Waals surface area contributed by atoms with Crippen LogP contribution in [0.2, 0.25) is 0 Å². The lowest BCUT2D eigenvalue weighted by molar-refractivity contribution is 0.0948. The average Bonchev–Trinajstić information content (AvgIpc) is 2.38. The van der Waals surface area contributed by atoms with Crippen molar-refractivity contribution in [1.29, 1.82) is 0 Å². The number of aromatic nitrogens is 1. The molecule has 0 spiro atoms. The van der Waals surface area contributed by atoms with E-state index in [1.54, 1.807) is 0 Å². The molecule has 0 aliphatic carbocycles. The molecule has 92 valence electrons. The topological polar surface area (TPSA) is 62.2 Å². The summed E-state index contributed by atoms with van der Waals surface area (Å²) in [5, 5.41) is 12.2. The molecule has 0 unspecified atom stereocenters. The Morgan fingerprint density at radius 3 is 2.67 bits per heavy atom. The van der Waals surface area contributed by atoms with Gasteiger partial charge in [0.15, 0.2) is 0 Å². The highest BCUT2D eigenvalue weighted by molar-refractivity contribution is 9.10. The quantitative estimate of drug-likeness (QED) is 0.916. The van der Waals surface area contributed by atoms with Gasteiger partial charge in [-0.3, -0.25) is 9.78 Å². The fourth-order valence-corrected chi connectivity index (χ4v) is 1.72. The highest BCUT2D eigenvalue weighted by atomic mass is 79.9. The number of pyridine rings is 1. The summed E-state index contributed by atoms with van der Waals surface area (Å²) < 4.78 is 0.990. The summed E-state index contributed by atoms with van der Waals surface area (Å²) in [6.07, 6.45) is 2.71. The molecule has 0 atom stereocenters. The van der Waals surface area contributed by atoms with Crippen molar-refractivity contribution in [2.45, 2.75) is 6.54 Å². The maximum Gasteiger partial charge on any atom is 0.255 e. The van der Waals surface area contributed by atoms with Crippen molar-refractivity contribution in [3.63, 3.8) is 0 Å². The van der Waals surface area contributed by atoms with Gasteiger partial charge >= 0.3 is 0 Å². The van der Waals surface area contributed by atoms with E-state index in [1.165, 1.54) is 18.5 Å². The zero-order valence-corrected chi connectivity index (χ0v) is 11.0. The molecular weight excluding hydrogens is 296 g/mol. The molecule has 2 rings (SSSR count). The number of nitrogens with one attached hydrogen (secondary N) is 1. The lowest BCUT2D eigenvalue weighted by atomic mass is 10.2. The number of nitrogens with zero attached hydrogens (tertiary/aromatic N) is 1. The Morgan fingerprint density at radius 2 is 2.00 bits per heavy atom. The number of halogens is 1. The summed E-state index contributed by atoms with van der Waals surface area (Å²) in [5.74, 6) is -0.441. The van der Waals surface area contributed by atoms with Crippen molar-refractivity contribution in [2.24, 2.45) is 0 Å². The molecular formula is C13H11BrN2O2. The van der Waals surface area contributed by atoms with Crippen LogP contribution in [0.5, 0.6) is 5.75 Å². The minimum absolute atomic E-state index is 0.120. The third-order valence-corrected chi connectivity index (χ3v) is 2.94. The van der Waals surface area contributed by atoms with E-state index >= 15 is 0 Å². The molecule has 0 fully saturated rings. The number of benzene rings is 1. The Balaban J connectivity index is 2.01. The Morgan fingerprint density at radius 1 is 1.28 bits per heavy atom. The minimum atomic E-state index is -0.321. The summed E-state index contributed by atoms with van der Waals surface area (Å²) >= 11 is 3.34. The van der Waals surface area contributed by atoms with Gasteiger partial charge in [-0.1, -0.05) is 28.1 Å². The summed E-state index contributed by atoms with van der Waals surface area (Å²) in [5.41, 5.74) is 1.21. The first kappa shape index (κ1) is 12.6. The molecule has 0 bridgehead atoms. The standard InChI is InChI=1S/C13H11BrN2O2/c14-10-3-1-9(2-4-10)7-16-13(18)11-5-6-15-8-12(11)17/h1-6,8,17H,7H2,(H,16,18). The van der Waals surface area contributed by atoms with Crippen LogP contribution in [0.3, 0.4) is 0 Å². The number of carbonyl (C=O) groups excluding carboxylic acids is 1. The summed E-state index contributed by atoms with van der Waals surface area (Å²) in [4.78, 5) is 15.5. The molecule has 2 aromatic rings. The monoisotopic (exact) mass is 306 g/mol. The molecule has 0 aliphatic heterocycles. The smallest absolute Gasteiger partial charge is 0.255 e. The maximum atomic E-state index is 11.8. The molecule has 0 aliphatic rings. The zero-order valence-electron chi connectivity index (χ0n) is 9.43. The van der Waals surface area contributed by atoms with Crippen LogP contribution in [-0.2, 0) is 6.54 Å². The van der Waals surface area contributed by atoms with Crippen molar-refractivity contribution < 1.29 is 9.90 Å². The van der Waals surface area contributed by atoms with Gasteiger partial charge in [0, 0.05) is 17.2 Å². The molecule has 5 heteroatoms. The molecule has 0 saturated heterocycles.